The molecule has 1 aliphatic rings. The van der Waals surface area contributed by atoms with E-state index < -0.39 is 21.3 Å². The Morgan fingerprint density at radius 2 is 1.67 bits per heavy atom. The van der Waals surface area contributed by atoms with Crippen LogP contribution < -0.4 is 0 Å². The molecule has 1 amide bonds. The fourth-order valence-corrected chi connectivity index (χ4v) is 6.25. The number of carbonyl (C=O) groups is 1. The van der Waals surface area contributed by atoms with Gasteiger partial charge in [0.15, 0.2) is 9.84 Å². The highest BCUT2D eigenvalue weighted by atomic mass is 32.2. The molecule has 0 aliphatic carbocycles. The number of carbonyl (C=O) groups excluding carboxylic acids is 1. The summed E-state index contributed by atoms with van der Waals surface area (Å²) in [5, 5.41) is 11.4. The summed E-state index contributed by atoms with van der Waals surface area (Å²) in [6, 6.07) is 21.4. The summed E-state index contributed by atoms with van der Waals surface area (Å²) in [7, 11) is -3.88. The van der Waals surface area contributed by atoms with Crippen LogP contribution in [0.25, 0.3) is 10.9 Å². The van der Waals surface area contributed by atoms with Crippen LogP contribution in [0.3, 0.4) is 0 Å². The van der Waals surface area contributed by atoms with Crippen molar-refractivity contribution in [3.05, 3.63) is 108 Å². The first kappa shape index (κ1) is 24.1. The maximum atomic E-state index is 14.1. The third-order valence-corrected chi connectivity index (χ3v) is 8.41. The lowest BCUT2D eigenvalue weighted by Crippen LogP contribution is -2.45. The van der Waals surface area contributed by atoms with E-state index in [1.54, 1.807) is 41.3 Å². The number of amides is 1. The third-order valence-electron chi connectivity index (χ3n) is 6.72. The van der Waals surface area contributed by atoms with Gasteiger partial charge in [-0.1, -0.05) is 48.5 Å². The predicted octanol–water partition coefficient (Wildman–Crippen LogP) is 4.47. The third kappa shape index (κ3) is 4.74. The zero-order valence-corrected chi connectivity index (χ0v) is 20.3. The number of rotatable bonds is 5. The Bertz CT molecular complexity index is 1510. The monoisotopic (exact) mass is 504 g/mol. The van der Waals surface area contributed by atoms with E-state index in [9.17, 15) is 22.7 Å². The molecule has 6 nitrogen and oxygen atoms in total. The van der Waals surface area contributed by atoms with Gasteiger partial charge >= 0.3 is 0 Å². The minimum Gasteiger partial charge on any atom is -0.385 e. The summed E-state index contributed by atoms with van der Waals surface area (Å²) < 4.78 is 40.3. The number of pyridine rings is 1. The molecule has 36 heavy (non-hydrogen) atoms. The van der Waals surface area contributed by atoms with Gasteiger partial charge in [0.1, 0.15) is 5.82 Å². The van der Waals surface area contributed by atoms with Crippen molar-refractivity contribution in [1.29, 1.82) is 0 Å². The summed E-state index contributed by atoms with van der Waals surface area (Å²) in [5.74, 6) is -1.15. The lowest BCUT2D eigenvalue weighted by atomic mass is 9.84. The van der Waals surface area contributed by atoms with Gasteiger partial charge in [0.2, 0.25) is 0 Å². The van der Waals surface area contributed by atoms with Crippen LogP contribution >= 0.6 is 0 Å². The second kappa shape index (κ2) is 9.44. The Balaban J connectivity index is 1.29. The van der Waals surface area contributed by atoms with Gasteiger partial charge in [-0.15, -0.1) is 0 Å². The van der Waals surface area contributed by atoms with Gasteiger partial charge < -0.3 is 10.0 Å². The molecule has 1 fully saturated rings. The number of aromatic nitrogens is 1. The van der Waals surface area contributed by atoms with Crippen molar-refractivity contribution in [3.8, 4) is 0 Å². The van der Waals surface area contributed by atoms with E-state index in [0.717, 1.165) is 11.6 Å². The van der Waals surface area contributed by atoms with Crippen LogP contribution in [0, 0.1) is 5.82 Å². The van der Waals surface area contributed by atoms with Gasteiger partial charge in [-0.25, -0.2) is 12.8 Å². The lowest BCUT2D eigenvalue weighted by Gasteiger charge is -2.38. The molecular formula is C28H25FN2O4S. The zero-order chi connectivity index (χ0) is 25.3. The van der Waals surface area contributed by atoms with E-state index >= 15 is 0 Å². The molecule has 8 heteroatoms. The molecule has 0 atom stereocenters. The summed E-state index contributed by atoms with van der Waals surface area (Å²) in [4.78, 5) is 18.7. The van der Waals surface area contributed by atoms with E-state index in [1.165, 1.54) is 12.3 Å². The molecule has 0 radical (unpaired) electrons. The molecule has 0 spiro atoms. The van der Waals surface area contributed by atoms with Crippen molar-refractivity contribution < 1.29 is 22.7 Å². The average Bonchev–Trinajstić information content (AvgIpc) is 2.89. The van der Waals surface area contributed by atoms with Gasteiger partial charge in [0.25, 0.3) is 5.91 Å². The molecule has 1 N–H and O–H groups in total. The summed E-state index contributed by atoms with van der Waals surface area (Å²) >= 11 is 0. The second-order valence-electron chi connectivity index (χ2n) is 9.12. The molecule has 1 saturated heterocycles. The van der Waals surface area contributed by atoms with Gasteiger partial charge in [-0.05, 0) is 54.3 Å². The van der Waals surface area contributed by atoms with Gasteiger partial charge in [-0.3, -0.25) is 9.78 Å². The molecule has 1 aliphatic heterocycles. The van der Waals surface area contributed by atoms with Gasteiger partial charge in [0, 0.05) is 30.2 Å². The number of likely N-dealkylation sites (tertiary alicyclic amines) is 1. The zero-order valence-electron chi connectivity index (χ0n) is 19.5. The highest BCUT2D eigenvalue weighted by molar-refractivity contribution is 7.90. The summed E-state index contributed by atoms with van der Waals surface area (Å²) in [5.41, 5.74) is 1.05. The van der Waals surface area contributed by atoms with Crippen molar-refractivity contribution in [3.63, 3.8) is 0 Å². The minimum absolute atomic E-state index is 0.155. The molecular weight excluding hydrogens is 479 g/mol. The van der Waals surface area contributed by atoms with Crippen LogP contribution in [-0.4, -0.2) is 42.4 Å². The lowest BCUT2D eigenvalue weighted by molar-refractivity contribution is -0.0211. The first-order valence-electron chi connectivity index (χ1n) is 11.7. The van der Waals surface area contributed by atoms with Crippen LogP contribution in [0.2, 0.25) is 0 Å². The predicted molar refractivity (Wildman–Crippen MR) is 135 cm³/mol. The number of hydrogen-bond donors (Lipinski definition) is 1. The number of benzene rings is 3. The second-order valence-corrected chi connectivity index (χ2v) is 11.1. The first-order valence-corrected chi connectivity index (χ1v) is 13.3. The molecule has 0 unspecified atom stereocenters. The van der Waals surface area contributed by atoms with E-state index in [0.29, 0.717) is 42.4 Å². The van der Waals surface area contributed by atoms with Crippen molar-refractivity contribution >= 4 is 26.6 Å². The Hall–Kier alpha value is -3.62. The highest BCUT2D eigenvalue weighted by Gasteiger charge is 2.35. The smallest absolute Gasteiger partial charge is 0.253 e. The maximum absolute atomic E-state index is 14.1. The number of halogens is 1. The molecule has 184 valence electrons. The van der Waals surface area contributed by atoms with E-state index in [4.69, 9.17) is 0 Å². The quantitative estimate of drug-likeness (QED) is 0.433. The average molecular weight is 505 g/mol. The van der Waals surface area contributed by atoms with Crippen molar-refractivity contribution in [2.75, 3.05) is 13.1 Å². The fourth-order valence-electron chi connectivity index (χ4n) is 4.70. The molecule has 2 heterocycles. The largest absolute Gasteiger partial charge is 0.385 e. The maximum Gasteiger partial charge on any atom is 0.253 e. The van der Waals surface area contributed by atoms with E-state index in [2.05, 4.69) is 4.98 Å². The van der Waals surface area contributed by atoms with Crippen LogP contribution in [-0.2, 0) is 21.2 Å². The fraction of sp³-hybridized carbons (Fsp3) is 0.214. The van der Waals surface area contributed by atoms with Gasteiger partial charge in [0.05, 0.1) is 21.8 Å². The topological polar surface area (TPSA) is 87.6 Å². The Morgan fingerprint density at radius 1 is 0.972 bits per heavy atom. The summed E-state index contributed by atoms with van der Waals surface area (Å²) in [6.45, 7) is 0.833. The number of fused-ring (bicyclic) bond motifs is 1. The SMILES string of the molecule is O=C(c1ccc(CS(=O)(=O)c2cc(F)cc3cccnc23)cc1)N1CCC(O)(c2ccccc2)CC1. The van der Waals surface area contributed by atoms with Crippen LogP contribution in [0.1, 0.15) is 34.3 Å². The minimum atomic E-state index is -3.88. The number of nitrogens with zero attached hydrogens (tertiary/aromatic N) is 2. The van der Waals surface area contributed by atoms with Crippen molar-refractivity contribution in [2.45, 2.75) is 29.1 Å². The molecule has 4 aromatic rings. The Kier molecular flexibility index (Phi) is 6.32. The Labute approximate surface area is 209 Å². The van der Waals surface area contributed by atoms with Crippen molar-refractivity contribution in [2.24, 2.45) is 0 Å². The number of piperidine rings is 1. The van der Waals surface area contributed by atoms with E-state index in [1.807, 2.05) is 30.3 Å². The van der Waals surface area contributed by atoms with Crippen LogP contribution in [0.5, 0.6) is 0 Å². The molecule has 1 aromatic heterocycles. The molecule has 0 bridgehead atoms. The normalized spacial score (nSPS) is 15.7. The highest BCUT2D eigenvalue weighted by Crippen LogP contribution is 2.33. The Morgan fingerprint density at radius 3 is 2.36 bits per heavy atom. The van der Waals surface area contributed by atoms with Gasteiger partial charge in [-0.2, -0.15) is 0 Å². The standard InChI is InChI=1S/C28H25FN2O4S/c29-24-17-22-5-4-14-30-26(22)25(18-24)36(34,35)19-20-8-10-21(11-9-20)27(32)31-15-12-28(33,13-16-31)23-6-2-1-3-7-23/h1-11,14,17-18,33H,12-13,15-16,19H2. The summed E-state index contributed by atoms with van der Waals surface area (Å²) in [6.07, 6.45) is 2.35. The number of hydrogen-bond acceptors (Lipinski definition) is 5. The number of sulfone groups is 1. The molecule has 5 rings (SSSR count). The van der Waals surface area contributed by atoms with Crippen LogP contribution in [0.15, 0.2) is 90.0 Å². The first-order chi connectivity index (χ1) is 17.2. The van der Waals surface area contributed by atoms with Crippen molar-refractivity contribution in [1.82, 2.24) is 9.88 Å². The molecule has 0 saturated carbocycles. The van der Waals surface area contributed by atoms with Crippen LogP contribution in [0.4, 0.5) is 4.39 Å². The molecule has 3 aromatic carbocycles. The van der Waals surface area contributed by atoms with E-state index in [-0.39, 0.29) is 22.1 Å². The number of aliphatic hydroxyl groups is 1.